The first-order valence-electron chi connectivity index (χ1n) is 8.25. The van der Waals surface area contributed by atoms with E-state index < -0.39 is 24.1 Å². The molecule has 1 amide bonds. The van der Waals surface area contributed by atoms with Crippen molar-refractivity contribution in [1.82, 2.24) is 4.90 Å². The van der Waals surface area contributed by atoms with Gasteiger partial charge >= 0.3 is 5.97 Å². The van der Waals surface area contributed by atoms with Gasteiger partial charge in [0.25, 0.3) is 0 Å². The minimum absolute atomic E-state index is 0.223. The molecule has 1 saturated carbocycles. The molecule has 2 N–H and O–H groups in total. The van der Waals surface area contributed by atoms with Crippen LogP contribution in [-0.4, -0.2) is 48.6 Å². The highest BCUT2D eigenvalue weighted by Gasteiger charge is 2.41. The molecule has 0 radical (unpaired) electrons. The predicted octanol–water partition coefficient (Wildman–Crippen LogP) is 1.74. The number of methoxy groups -OCH3 is 1. The quantitative estimate of drug-likeness (QED) is 0.358. The van der Waals surface area contributed by atoms with Crippen molar-refractivity contribution in [2.45, 2.75) is 63.1 Å². The molecule has 1 aliphatic heterocycles. The highest BCUT2D eigenvalue weighted by atomic mass is 16.5. The third kappa shape index (κ3) is 4.36. The smallest absolute Gasteiger partial charge is 0.328 e. The summed E-state index contributed by atoms with van der Waals surface area (Å²) in [5.74, 6) is -0.254. The first-order valence-corrected chi connectivity index (χ1v) is 8.25. The summed E-state index contributed by atoms with van der Waals surface area (Å²) >= 11 is 0. The zero-order chi connectivity index (χ0) is 16.8. The third-order valence-corrected chi connectivity index (χ3v) is 4.88. The molecule has 2 rings (SSSR count). The fourth-order valence-corrected chi connectivity index (χ4v) is 3.67. The van der Waals surface area contributed by atoms with Gasteiger partial charge in [-0.3, -0.25) is 4.79 Å². The van der Waals surface area contributed by atoms with Crippen molar-refractivity contribution in [1.29, 1.82) is 0 Å². The van der Waals surface area contributed by atoms with E-state index in [0.717, 1.165) is 12.8 Å². The summed E-state index contributed by atoms with van der Waals surface area (Å²) in [6.07, 6.45) is 6.81. The van der Waals surface area contributed by atoms with Crippen LogP contribution in [0.3, 0.4) is 0 Å². The number of hydrogen-bond acceptors (Lipinski definition) is 5. The molecule has 0 aromatic rings. The van der Waals surface area contributed by atoms with Crippen LogP contribution in [0, 0.1) is 5.92 Å². The van der Waals surface area contributed by atoms with Crippen molar-refractivity contribution in [3.8, 4) is 0 Å². The topological polar surface area (TPSA) is 121 Å². The summed E-state index contributed by atoms with van der Waals surface area (Å²) in [6.45, 7) is 0.223. The SMILES string of the molecule is COC(=O)[C@@H]1C[C@H](N=[N+]=[N-])CN1C(=O)C(N)CC1CCCCC1. The standard InChI is InChI=1S/C15H25N5O3/c1-23-15(22)13-8-11(18-19-17)9-20(13)14(21)12(16)7-10-5-3-2-4-6-10/h10-13H,2-9,16H2,1H3/t11-,12?,13-/m0/s1. The minimum atomic E-state index is -0.708. The van der Waals surface area contributed by atoms with Crippen LogP contribution in [0.4, 0.5) is 0 Å². The predicted molar refractivity (Wildman–Crippen MR) is 84.2 cm³/mol. The van der Waals surface area contributed by atoms with Crippen LogP contribution in [-0.2, 0) is 14.3 Å². The van der Waals surface area contributed by atoms with Gasteiger partial charge in [-0.25, -0.2) is 4.79 Å². The Balaban J connectivity index is 2.01. The van der Waals surface area contributed by atoms with E-state index in [-0.39, 0.29) is 12.5 Å². The van der Waals surface area contributed by atoms with Gasteiger partial charge in [0.1, 0.15) is 6.04 Å². The highest BCUT2D eigenvalue weighted by molar-refractivity contribution is 5.88. The van der Waals surface area contributed by atoms with Gasteiger partial charge in [0, 0.05) is 11.5 Å². The molecule has 8 heteroatoms. The van der Waals surface area contributed by atoms with Crippen LogP contribution in [0.15, 0.2) is 5.11 Å². The fourth-order valence-electron chi connectivity index (χ4n) is 3.67. The minimum Gasteiger partial charge on any atom is -0.467 e. The molecule has 0 spiro atoms. The molecule has 8 nitrogen and oxygen atoms in total. The molecule has 0 aromatic carbocycles. The fraction of sp³-hybridized carbons (Fsp3) is 0.867. The largest absolute Gasteiger partial charge is 0.467 e. The van der Waals surface area contributed by atoms with Crippen molar-refractivity contribution < 1.29 is 14.3 Å². The van der Waals surface area contributed by atoms with Gasteiger partial charge in [-0.05, 0) is 24.3 Å². The number of ether oxygens (including phenoxy) is 1. The number of likely N-dealkylation sites (tertiary alicyclic amines) is 1. The maximum absolute atomic E-state index is 12.7. The van der Waals surface area contributed by atoms with Crippen molar-refractivity contribution in [3.05, 3.63) is 10.4 Å². The molecule has 23 heavy (non-hydrogen) atoms. The third-order valence-electron chi connectivity index (χ3n) is 4.88. The monoisotopic (exact) mass is 323 g/mol. The van der Waals surface area contributed by atoms with Crippen LogP contribution in [0.25, 0.3) is 10.4 Å². The van der Waals surface area contributed by atoms with Crippen LogP contribution in [0.5, 0.6) is 0 Å². The summed E-state index contributed by atoms with van der Waals surface area (Å²) in [7, 11) is 1.29. The van der Waals surface area contributed by atoms with Gasteiger partial charge in [-0.2, -0.15) is 0 Å². The van der Waals surface area contributed by atoms with Gasteiger partial charge in [0.2, 0.25) is 5.91 Å². The van der Waals surface area contributed by atoms with E-state index in [2.05, 4.69) is 10.0 Å². The lowest BCUT2D eigenvalue weighted by Crippen LogP contribution is -2.49. The second kappa shape index (κ2) is 8.17. The van der Waals surface area contributed by atoms with Crippen LogP contribution in [0.1, 0.15) is 44.9 Å². The Bertz CT molecular complexity index is 486. The molecule has 3 atom stereocenters. The lowest BCUT2D eigenvalue weighted by atomic mass is 9.84. The van der Waals surface area contributed by atoms with E-state index >= 15 is 0 Å². The number of nitrogens with two attached hydrogens (primary N) is 1. The normalized spacial score (nSPS) is 26.4. The summed E-state index contributed by atoms with van der Waals surface area (Å²) in [5.41, 5.74) is 14.7. The van der Waals surface area contributed by atoms with Crippen LogP contribution >= 0.6 is 0 Å². The Morgan fingerprint density at radius 3 is 2.70 bits per heavy atom. The molecule has 1 aliphatic carbocycles. The number of esters is 1. The lowest BCUT2D eigenvalue weighted by Gasteiger charge is -2.29. The second-order valence-corrected chi connectivity index (χ2v) is 6.47. The number of amides is 1. The van der Waals surface area contributed by atoms with Crippen LogP contribution < -0.4 is 5.73 Å². The molecular formula is C15H25N5O3. The van der Waals surface area contributed by atoms with Crippen LogP contribution in [0.2, 0.25) is 0 Å². The van der Waals surface area contributed by atoms with Crippen molar-refractivity contribution in [2.24, 2.45) is 16.8 Å². The Morgan fingerprint density at radius 2 is 2.09 bits per heavy atom. The molecule has 128 valence electrons. The molecule has 1 heterocycles. The Hall–Kier alpha value is -1.79. The summed E-state index contributed by atoms with van der Waals surface area (Å²) in [4.78, 5) is 28.8. The van der Waals surface area contributed by atoms with Crippen molar-refractivity contribution in [2.75, 3.05) is 13.7 Å². The van der Waals surface area contributed by atoms with Gasteiger partial charge in [-0.1, -0.05) is 37.2 Å². The molecule has 1 unspecified atom stereocenters. The number of nitrogens with zero attached hydrogens (tertiary/aromatic N) is 4. The highest BCUT2D eigenvalue weighted by Crippen LogP contribution is 2.28. The maximum Gasteiger partial charge on any atom is 0.328 e. The Labute approximate surface area is 136 Å². The van der Waals surface area contributed by atoms with E-state index in [4.69, 9.17) is 16.0 Å². The Kier molecular flexibility index (Phi) is 6.24. The van der Waals surface area contributed by atoms with E-state index in [9.17, 15) is 9.59 Å². The first-order chi connectivity index (χ1) is 11.1. The van der Waals surface area contributed by atoms with Gasteiger partial charge in [0.05, 0.1) is 19.2 Å². The molecule has 1 saturated heterocycles. The van der Waals surface area contributed by atoms with Gasteiger partial charge in [-0.15, -0.1) is 0 Å². The number of carbonyl (C=O) groups excluding carboxylic acids is 2. The molecule has 2 aliphatic rings. The van der Waals surface area contributed by atoms with Gasteiger partial charge < -0.3 is 15.4 Å². The molecular weight excluding hydrogens is 298 g/mol. The van der Waals surface area contributed by atoms with E-state index in [0.29, 0.717) is 18.8 Å². The maximum atomic E-state index is 12.7. The lowest BCUT2D eigenvalue weighted by molar-refractivity contribution is -0.151. The van der Waals surface area contributed by atoms with E-state index in [1.807, 2.05) is 0 Å². The summed E-state index contributed by atoms with van der Waals surface area (Å²) in [6, 6.07) is -1.73. The van der Waals surface area contributed by atoms with E-state index in [1.54, 1.807) is 0 Å². The number of hydrogen-bond donors (Lipinski definition) is 1. The zero-order valence-corrected chi connectivity index (χ0v) is 13.6. The molecule has 0 bridgehead atoms. The number of rotatable bonds is 5. The average molecular weight is 323 g/mol. The van der Waals surface area contributed by atoms with Gasteiger partial charge in [0.15, 0.2) is 0 Å². The van der Waals surface area contributed by atoms with Crippen molar-refractivity contribution >= 4 is 11.9 Å². The first kappa shape index (κ1) is 17.6. The summed E-state index contributed by atoms with van der Waals surface area (Å²) < 4.78 is 4.76. The molecule has 0 aromatic heterocycles. The summed E-state index contributed by atoms with van der Waals surface area (Å²) in [5, 5.41) is 3.64. The Morgan fingerprint density at radius 1 is 1.39 bits per heavy atom. The van der Waals surface area contributed by atoms with E-state index in [1.165, 1.54) is 31.3 Å². The zero-order valence-electron chi connectivity index (χ0n) is 13.6. The number of carbonyl (C=O) groups is 2. The number of azide groups is 1. The average Bonchev–Trinajstić information content (AvgIpc) is 2.98. The van der Waals surface area contributed by atoms with Crippen molar-refractivity contribution in [3.63, 3.8) is 0 Å². The molecule has 2 fully saturated rings. The second-order valence-electron chi connectivity index (χ2n) is 6.47.